The molecule has 0 atom stereocenters. The standard InChI is InChI=1S/C14H19N5O/c15-13-4-1-3-12(9-13)14-16-17-18-19(14)7-2-8-20-10-11-5-6-11/h1,3-4,9,11H,2,5-8,10,15H2. The van der Waals surface area contributed by atoms with Gasteiger partial charge in [-0.25, -0.2) is 4.68 Å². The average Bonchev–Trinajstić information content (AvgIpc) is 3.15. The largest absolute Gasteiger partial charge is 0.399 e. The highest BCUT2D eigenvalue weighted by Gasteiger charge is 2.20. The molecule has 0 saturated heterocycles. The average molecular weight is 273 g/mol. The quantitative estimate of drug-likeness (QED) is 0.614. The van der Waals surface area contributed by atoms with Gasteiger partial charge in [0.2, 0.25) is 0 Å². The third-order valence-electron chi connectivity index (χ3n) is 3.39. The van der Waals surface area contributed by atoms with Gasteiger partial charge in [-0.05, 0) is 47.7 Å². The first-order valence-electron chi connectivity index (χ1n) is 7.03. The highest BCUT2D eigenvalue weighted by Crippen LogP contribution is 2.28. The fraction of sp³-hybridized carbons (Fsp3) is 0.500. The summed E-state index contributed by atoms with van der Waals surface area (Å²) in [5.41, 5.74) is 7.44. The van der Waals surface area contributed by atoms with E-state index in [1.807, 2.05) is 24.3 Å². The number of anilines is 1. The minimum absolute atomic E-state index is 0.713. The topological polar surface area (TPSA) is 78.9 Å². The second-order valence-corrected chi connectivity index (χ2v) is 5.22. The number of hydrogen-bond donors (Lipinski definition) is 1. The number of hydrogen-bond acceptors (Lipinski definition) is 5. The van der Waals surface area contributed by atoms with Crippen LogP contribution in [0.3, 0.4) is 0 Å². The summed E-state index contributed by atoms with van der Waals surface area (Å²) >= 11 is 0. The zero-order chi connectivity index (χ0) is 13.8. The van der Waals surface area contributed by atoms with Crippen LogP contribution in [-0.4, -0.2) is 33.4 Å². The minimum atomic E-state index is 0.713. The zero-order valence-electron chi connectivity index (χ0n) is 11.4. The number of aryl methyl sites for hydroxylation is 1. The van der Waals surface area contributed by atoms with Crippen LogP contribution in [0.4, 0.5) is 5.69 Å². The van der Waals surface area contributed by atoms with Crippen molar-refractivity contribution in [3.05, 3.63) is 24.3 Å². The third kappa shape index (κ3) is 3.33. The fourth-order valence-corrected chi connectivity index (χ4v) is 2.09. The Morgan fingerprint density at radius 3 is 3.05 bits per heavy atom. The fourth-order valence-electron chi connectivity index (χ4n) is 2.09. The molecule has 0 radical (unpaired) electrons. The van der Waals surface area contributed by atoms with Crippen molar-refractivity contribution >= 4 is 5.69 Å². The minimum Gasteiger partial charge on any atom is -0.399 e. The Morgan fingerprint density at radius 1 is 1.35 bits per heavy atom. The summed E-state index contributed by atoms with van der Waals surface area (Å²) in [6.45, 7) is 2.41. The van der Waals surface area contributed by atoms with Gasteiger partial charge in [-0.2, -0.15) is 0 Å². The Hall–Kier alpha value is -1.95. The molecule has 20 heavy (non-hydrogen) atoms. The van der Waals surface area contributed by atoms with Crippen LogP contribution in [-0.2, 0) is 11.3 Å². The first kappa shape index (κ1) is 13.1. The van der Waals surface area contributed by atoms with Crippen LogP contribution in [0.5, 0.6) is 0 Å². The smallest absolute Gasteiger partial charge is 0.182 e. The van der Waals surface area contributed by atoms with Crippen molar-refractivity contribution < 1.29 is 4.74 Å². The summed E-state index contributed by atoms with van der Waals surface area (Å²) in [5, 5.41) is 11.8. The van der Waals surface area contributed by atoms with Crippen molar-refractivity contribution in [3.63, 3.8) is 0 Å². The van der Waals surface area contributed by atoms with E-state index in [2.05, 4.69) is 15.5 Å². The van der Waals surface area contributed by atoms with Crippen molar-refractivity contribution in [1.82, 2.24) is 20.2 Å². The second kappa shape index (κ2) is 6.00. The number of nitrogen functional groups attached to an aromatic ring is 1. The Morgan fingerprint density at radius 2 is 2.25 bits per heavy atom. The molecule has 1 fully saturated rings. The van der Waals surface area contributed by atoms with E-state index in [0.717, 1.165) is 43.5 Å². The lowest BCUT2D eigenvalue weighted by atomic mass is 10.2. The molecular weight excluding hydrogens is 254 g/mol. The molecule has 6 nitrogen and oxygen atoms in total. The molecule has 0 unspecified atom stereocenters. The lowest BCUT2D eigenvalue weighted by Crippen LogP contribution is -2.07. The molecule has 1 heterocycles. The number of aromatic nitrogens is 4. The number of nitrogens with zero attached hydrogens (tertiary/aromatic N) is 4. The highest BCUT2D eigenvalue weighted by atomic mass is 16.5. The van der Waals surface area contributed by atoms with Crippen molar-refractivity contribution in [2.24, 2.45) is 5.92 Å². The van der Waals surface area contributed by atoms with Crippen LogP contribution in [0, 0.1) is 5.92 Å². The van der Waals surface area contributed by atoms with Crippen LogP contribution in [0.25, 0.3) is 11.4 Å². The van der Waals surface area contributed by atoms with E-state index in [1.54, 1.807) is 4.68 Å². The van der Waals surface area contributed by atoms with Crippen LogP contribution in [0.15, 0.2) is 24.3 Å². The molecule has 1 aliphatic carbocycles. The molecule has 2 aromatic rings. The number of benzene rings is 1. The van der Waals surface area contributed by atoms with Crippen LogP contribution in [0.2, 0.25) is 0 Å². The predicted octanol–water partition coefficient (Wildman–Crippen LogP) is 1.74. The lowest BCUT2D eigenvalue weighted by molar-refractivity contribution is 0.118. The number of tetrazole rings is 1. The third-order valence-corrected chi connectivity index (χ3v) is 3.39. The lowest BCUT2D eigenvalue weighted by Gasteiger charge is -2.06. The summed E-state index contributed by atoms with van der Waals surface area (Å²) in [5.74, 6) is 1.56. The molecule has 0 spiro atoms. The molecule has 1 saturated carbocycles. The molecule has 0 amide bonds. The number of rotatable bonds is 7. The van der Waals surface area contributed by atoms with Gasteiger partial charge in [-0.1, -0.05) is 12.1 Å². The van der Waals surface area contributed by atoms with Crippen LogP contribution >= 0.6 is 0 Å². The summed E-state index contributed by atoms with van der Waals surface area (Å²) in [6.07, 6.45) is 3.56. The van der Waals surface area contributed by atoms with E-state index in [1.165, 1.54) is 12.8 Å². The van der Waals surface area contributed by atoms with Gasteiger partial charge in [-0.15, -0.1) is 5.10 Å². The van der Waals surface area contributed by atoms with E-state index in [4.69, 9.17) is 10.5 Å². The van der Waals surface area contributed by atoms with Gasteiger partial charge in [0.25, 0.3) is 0 Å². The van der Waals surface area contributed by atoms with E-state index < -0.39 is 0 Å². The summed E-state index contributed by atoms with van der Waals surface area (Å²) in [4.78, 5) is 0. The molecule has 6 heteroatoms. The Bertz CT molecular complexity index is 564. The van der Waals surface area contributed by atoms with Crippen LogP contribution < -0.4 is 5.73 Å². The number of ether oxygens (including phenoxy) is 1. The monoisotopic (exact) mass is 273 g/mol. The van der Waals surface area contributed by atoms with Crippen molar-refractivity contribution in [2.75, 3.05) is 18.9 Å². The van der Waals surface area contributed by atoms with Gasteiger partial charge >= 0.3 is 0 Å². The van der Waals surface area contributed by atoms with Crippen molar-refractivity contribution in [2.45, 2.75) is 25.8 Å². The molecule has 0 aliphatic heterocycles. The van der Waals surface area contributed by atoms with Gasteiger partial charge in [0.15, 0.2) is 5.82 Å². The molecule has 0 bridgehead atoms. The van der Waals surface area contributed by atoms with Gasteiger partial charge in [0.05, 0.1) is 0 Å². The first-order valence-corrected chi connectivity index (χ1v) is 7.03. The van der Waals surface area contributed by atoms with Gasteiger partial charge in [0, 0.05) is 31.0 Å². The Labute approximate surface area is 117 Å². The van der Waals surface area contributed by atoms with E-state index in [9.17, 15) is 0 Å². The SMILES string of the molecule is Nc1cccc(-c2nnnn2CCCOCC2CC2)c1. The molecule has 3 rings (SSSR count). The van der Waals surface area contributed by atoms with Gasteiger partial charge in [0.1, 0.15) is 0 Å². The number of nitrogens with two attached hydrogens (primary N) is 1. The van der Waals surface area contributed by atoms with Crippen molar-refractivity contribution in [3.8, 4) is 11.4 Å². The second-order valence-electron chi connectivity index (χ2n) is 5.22. The highest BCUT2D eigenvalue weighted by molar-refractivity contribution is 5.60. The summed E-state index contributed by atoms with van der Waals surface area (Å²) in [6, 6.07) is 7.60. The maximum Gasteiger partial charge on any atom is 0.182 e. The molecule has 2 N–H and O–H groups in total. The molecule has 106 valence electrons. The Kier molecular flexibility index (Phi) is 3.92. The Balaban J connectivity index is 1.55. The van der Waals surface area contributed by atoms with Crippen LogP contribution in [0.1, 0.15) is 19.3 Å². The zero-order valence-corrected chi connectivity index (χ0v) is 11.4. The molecule has 1 aromatic carbocycles. The summed E-state index contributed by atoms with van der Waals surface area (Å²) < 4.78 is 7.42. The maximum atomic E-state index is 5.79. The molecule has 1 aliphatic rings. The predicted molar refractivity (Wildman–Crippen MR) is 75.8 cm³/mol. The molecule has 1 aromatic heterocycles. The molecular formula is C14H19N5O. The summed E-state index contributed by atoms with van der Waals surface area (Å²) in [7, 11) is 0. The van der Waals surface area contributed by atoms with Crippen molar-refractivity contribution in [1.29, 1.82) is 0 Å². The van der Waals surface area contributed by atoms with E-state index in [0.29, 0.717) is 5.69 Å². The first-order chi connectivity index (χ1) is 9.83. The normalized spacial score (nSPS) is 14.6. The maximum absolute atomic E-state index is 5.79. The van der Waals surface area contributed by atoms with E-state index in [-0.39, 0.29) is 0 Å². The van der Waals surface area contributed by atoms with E-state index >= 15 is 0 Å². The van der Waals surface area contributed by atoms with Gasteiger partial charge < -0.3 is 10.5 Å². The van der Waals surface area contributed by atoms with Gasteiger partial charge in [-0.3, -0.25) is 0 Å².